The van der Waals surface area contributed by atoms with Gasteiger partial charge in [0.2, 0.25) is 5.75 Å². The fourth-order valence-electron chi connectivity index (χ4n) is 2.05. The fourth-order valence-corrected chi connectivity index (χ4v) is 2.05. The van der Waals surface area contributed by atoms with E-state index in [9.17, 15) is 13.7 Å². The van der Waals surface area contributed by atoms with Crippen molar-refractivity contribution < 1.29 is 18.7 Å². The lowest BCUT2D eigenvalue weighted by Gasteiger charge is -2.34. The van der Waals surface area contributed by atoms with E-state index < -0.39 is 6.61 Å². The first-order valence-electron chi connectivity index (χ1n) is 6.00. The molecule has 1 saturated heterocycles. The number of nitrogens with zero attached hydrogens (tertiary/aromatic N) is 2. The topological polar surface area (TPSA) is 46.8 Å². The number of halogens is 2. The predicted molar refractivity (Wildman–Crippen MR) is 66.8 cm³/mol. The molecule has 1 aromatic rings. The molecular weight excluding hydrogens is 256 g/mol. The molecule has 5 nitrogen and oxygen atoms in total. The maximum atomic E-state index is 12.3. The maximum absolute atomic E-state index is 12.3. The van der Waals surface area contributed by atoms with Crippen LogP contribution in [-0.2, 0) is 0 Å². The first-order valence-corrected chi connectivity index (χ1v) is 6.00. The number of nitrogens with one attached hydrogen (secondary N) is 1. The Balaban J connectivity index is 2.19. The smallest absolute Gasteiger partial charge is 0.387 e. The summed E-state index contributed by atoms with van der Waals surface area (Å²) in [7, 11) is 2.03. The summed E-state index contributed by atoms with van der Waals surface area (Å²) in [4.78, 5) is 14.9. The molecular formula is C12H16F2N3O2+. The first kappa shape index (κ1) is 13.7. The Morgan fingerprint density at radius 2 is 1.95 bits per heavy atom. The van der Waals surface area contributed by atoms with E-state index in [1.807, 2.05) is 7.05 Å². The van der Waals surface area contributed by atoms with Crippen LogP contribution in [-0.4, -0.2) is 44.7 Å². The summed E-state index contributed by atoms with van der Waals surface area (Å²) in [6.07, 6.45) is 0. The van der Waals surface area contributed by atoms with Gasteiger partial charge in [-0.1, -0.05) is 0 Å². The number of hydrogen-bond acceptors (Lipinski definition) is 4. The molecule has 0 atom stereocenters. The molecule has 19 heavy (non-hydrogen) atoms. The fraction of sp³-hybridized carbons (Fsp3) is 0.500. The number of benzene rings is 1. The minimum atomic E-state index is -2.95. The molecule has 1 fully saturated rings. The van der Waals surface area contributed by atoms with E-state index in [2.05, 4.69) is 14.5 Å². The zero-order valence-corrected chi connectivity index (χ0v) is 10.6. The van der Waals surface area contributed by atoms with Crippen LogP contribution < -0.4 is 14.8 Å². The summed E-state index contributed by atoms with van der Waals surface area (Å²) in [6, 6.07) is 4.65. The second kappa shape index (κ2) is 5.92. The molecule has 0 aliphatic carbocycles. The van der Waals surface area contributed by atoms with Crippen molar-refractivity contribution in [2.24, 2.45) is 0 Å². The number of likely N-dealkylation sites (N-methyl/N-ethyl adjacent to an activating group) is 1. The molecule has 0 aromatic heterocycles. The number of hydrogen-bond donors (Lipinski definition) is 1. The van der Waals surface area contributed by atoms with Crippen molar-refractivity contribution in [3.63, 3.8) is 0 Å². The molecule has 7 heteroatoms. The SMILES string of the molecule is CN1CCN(c2ccc([NH+]=O)c(OC(F)F)c2)CC1. The second-order valence-electron chi connectivity index (χ2n) is 4.45. The molecule has 1 aromatic carbocycles. The predicted octanol–water partition coefficient (Wildman–Crippen LogP) is 0.518. The average molecular weight is 272 g/mol. The lowest BCUT2D eigenvalue weighted by molar-refractivity contribution is -0.381. The lowest BCUT2D eigenvalue weighted by Crippen LogP contribution is -2.56. The molecule has 0 saturated carbocycles. The van der Waals surface area contributed by atoms with Crippen LogP contribution in [0.3, 0.4) is 0 Å². The molecule has 0 unspecified atom stereocenters. The van der Waals surface area contributed by atoms with Crippen LogP contribution in [0.15, 0.2) is 18.2 Å². The van der Waals surface area contributed by atoms with Crippen LogP contribution in [0.5, 0.6) is 5.75 Å². The van der Waals surface area contributed by atoms with Crippen molar-refractivity contribution in [1.29, 1.82) is 0 Å². The molecule has 1 heterocycles. The van der Waals surface area contributed by atoms with Crippen molar-refractivity contribution in [2.75, 3.05) is 38.1 Å². The van der Waals surface area contributed by atoms with Crippen molar-refractivity contribution in [2.45, 2.75) is 6.61 Å². The van der Waals surface area contributed by atoms with Gasteiger partial charge >= 0.3 is 6.61 Å². The van der Waals surface area contributed by atoms with Gasteiger partial charge in [-0.3, -0.25) is 0 Å². The van der Waals surface area contributed by atoms with Gasteiger partial charge in [-0.2, -0.15) is 8.78 Å². The van der Waals surface area contributed by atoms with Gasteiger partial charge in [0.1, 0.15) is 0 Å². The molecule has 0 spiro atoms. The maximum Gasteiger partial charge on any atom is 0.387 e. The van der Waals surface area contributed by atoms with Crippen molar-refractivity contribution in [3.05, 3.63) is 23.1 Å². The van der Waals surface area contributed by atoms with Gasteiger partial charge in [-0.05, 0) is 13.1 Å². The van der Waals surface area contributed by atoms with Crippen molar-refractivity contribution in [1.82, 2.24) is 4.90 Å². The summed E-state index contributed by atoms with van der Waals surface area (Å²) >= 11 is 0. The molecule has 104 valence electrons. The number of ether oxygens (including phenoxy) is 1. The monoisotopic (exact) mass is 272 g/mol. The minimum Gasteiger partial charge on any atom is -0.427 e. The third-order valence-corrected chi connectivity index (χ3v) is 3.16. The van der Waals surface area contributed by atoms with E-state index in [1.165, 1.54) is 12.1 Å². The number of nitroso groups, excluding NO2 is 1. The highest BCUT2D eigenvalue weighted by atomic mass is 19.3. The van der Waals surface area contributed by atoms with Gasteiger partial charge in [-0.25, -0.2) is 0 Å². The van der Waals surface area contributed by atoms with Gasteiger partial charge in [0.15, 0.2) is 0 Å². The number of anilines is 1. The Morgan fingerprint density at radius 1 is 1.26 bits per heavy atom. The molecule has 0 radical (unpaired) electrons. The number of rotatable bonds is 4. The summed E-state index contributed by atoms with van der Waals surface area (Å²) in [5.41, 5.74) is 0.793. The van der Waals surface area contributed by atoms with Gasteiger partial charge in [0.25, 0.3) is 5.69 Å². The van der Waals surface area contributed by atoms with Crippen molar-refractivity contribution in [3.8, 4) is 5.75 Å². The molecule has 2 rings (SSSR count). The van der Waals surface area contributed by atoms with Crippen LogP contribution in [0.2, 0.25) is 0 Å². The summed E-state index contributed by atoms with van der Waals surface area (Å²) in [5, 5.41) is 1.60. The molecule has 1 N–H and O–H groups in total. The Kier molecular flexibility index (Phi) is 4.26. The Bertz CT molecular complexity index is 449. The largest absolute Gasteiger partial charge is 0.427 e. The highest BCUT2D eigenvalue weighted by Gasteiger charge is 2.19. The van der Waals surface area contributed by atoms with Gasteiger partial charge in [-0.15, -0.1) is 0 Å². The van der Waals surface area contributed by atoms with E-state index in [-0.39, 0.29) is 11.4 Å². The van der Waals surface area contributed by atoms with E-state index >= 15 is 0 Å². The number of piperazine rings is 1. The third-order valence-electron chi connectivity index (χ3n) is 3.16. The zero-order valence-electron chi connectivity index (χ0n) is 10.6. The third kappa shape index (κ3) is 3.37. The number of alkyl halides is 2. The van der Waals surface area contributed by atoms with E-state index in [4.69, 9.17) is 0 Å². The van der Waals surface area contributed by atoms with Crippen LogP contribution in [0.1, 0.15) is 0 Å². The standard InChI is InChI=1S/C12H15F2N3O2/c1-16-4-6-17(7-5-16)9-2-3-10(15-18)11(8-9)19-12(13)14/h2-3,8,12H,4-7H2,1H3/p+1. The molecule has 0 bridgehead atoms. The highest BCUT2D eigenvalue weighted by Crippen LogP contribution is 2.28. The van der Waals surface area contributed by atoms with Gasteiger partial charge < -0.3 is 14.5 Å². The zero-order chi connectivity index (χ0) is 13.8. The van der Waals surface area contributed by atoms with Gasteiger partial charge in [0, 0.05) is 54.1 Å². The lowest BCUT2D eigenvalue weighted by atomic mass is 10.2. The van der Waals surface area contributed by atoms with Gasteiger partial charge in [0.05, 0.1) is 0 Å². The molecule has 1 aliphatic heterocycles. The van der Waals surface area contributed by atoms with Crippen LogP contribution in [0.4, 0.5) is 20.2 Å². The van der Waals surface area contributed by atoms with Crippen LogP contribution in [0.25, 0.3) is 0 Å². The minimum absolute atomic E-state index is 0.0122. The van der Waals surface area contributed by atoms with E-state index in [0.717, 1.165) is 31.9 Å². The summed E-state index contributed by atoms with van der Waals surface area (Å²) in [6.45, 7) is 0.498. The van der Waals surface area contributed by atoms with E-state index in [1.54, 1.807) is 11.2 Å². The van der Waals surface area contributed by atoms with Crippen molar-refractivity contribution >= 4 is 11.4 Å². The Morgan fingerprint density at radius 3 is 2.53 bits per heavy atom. The highest BCUT2D eigenvalue weighted by molar-refractivity contribution is 5.59. The molecule has 0 amide bonds. The van der Waals surface area contributed by atoms with Crippen LogP contribution >= 0.6 is 0 Å². The molecule has 1 aliphatic rings. The average Bonchev–Trinajstić information content (AvgIpc) is 2.39. The first-order chi connectivity index (χ1) is 9.10. The second-order valence-corrected chi connectivity index (χ2v) is 4.45. The Hall–Kier alpha value is -1.76. The Labute approximate surface area is 109 Å². The summed E-state index contributed by atoms with van der Waals surface area (Å²) in [5.74, 6) is -0.124. The summed E-state index contributed by atoms with van der Waals surface area (Å²) < 4.78 is 28.9. The quantitative estimate of drug-likeness (QED) is 0.868. The van der Waals surface area contributed by atoms with Crippen LogP contribution in [0, 0.1) is 4.91 Å². The van der Waals surface area contributed by atoms with E-state index in [0.29, 0.717) is 0 Å². The normalized spacial score (nSPS) is 16.7.